The molecule has 2 aliphatic rings. The number of amides is 1. The van der Waals surface area contributed by atoms with Crippen molar-refractivity contribution in [1.82, 2.24) is 4.90 Å². The average Bonchev–Trinajstić information content (AvgIpc) is 3.23. The third-order valence-corrected chi connectivity index (χ3v) is 5.22. The predicted octanol–water partition coefficient (Wildman–Crippen LogP) is 3.92. The van der Waals surface area contributed by atoms with Gasteiger partial charge in [0, 0.05) is 24.2 Å². The summed E-state index contributed by atoms with van der Waals surface area (Å²) in [6, 6.07) is 12.6. The molecule has 136 valence electrons. The van der Waals surface area contributed by atoms with Crippen LogP contribution in [0.3, 0.4) is 0 Å². The van der Waals surface area contributed by atoms with Crippen LogP contribution in [-0.2, 0) is 11.2 Å². The lowest BCUT2D eigenvalue weighted by molar-refractivity contribution is -0.114. The van der Waals surface area contributed by atoms with Gasteiger partial charge in [0.05, 0.1) is 6.04 Å². The normalized spacial score (nSPS) is 22.2. The SMILES string of the molecule is CC(=O)Nc1cccc(OC2c3cc(F)ccc3CC2N2CCCC2)c1. The van der Waals surface area contributed by atoms with E-state index in [0.29, 0.717) is 11.4 Å². The molecule has 5 heteroatoms. The molecule has 2 aromatic carbocycles. The predicted molar refractivity (Wildman–Crippen MR) is 98.8 cm³/mol. The Balaban J connectivity index is 1.63. The zero-order valence-corrected chi connectivity index (χ0v) is 14.9. The summed E-state index contributed by atoms with van der Waals surface area (Å²) in [5, 5.41) is 2.78. The molecule has 4 rings (SSSR count). The van der Waals surface area contributed by atoms with Gasteiger partial charge in [-0.05, 0) is 62.2 Å². The van der Waals surface area contributed by atoms with E-state index in [1.165, 1.54) is 25.8 Å². The molecule has 0 radical (unpaired) electrons. The van der Waals surface area contributed by atoms with Crippen molar-refractivity contribution in [2.24, 2.45) is 0 Å². The van der Waals surface area contributed by atoms with Crippen molar-refractivity contribution < 1.29 is 13.9 Å². The van der Waals surface area contributed by atoms with E-state index in [9.17, 15) is 9.18 Å². The van der Waals surface area contributed by atoms with E-state index in [4.69, 9.17) is 4.74 Å². The molecule has 2 atom stereocenters. The molecular weight excluding hydrogens is 331 g/mol. The van der Waals surface area contributed by atoms with Crippen LogP contribution >= 0.6 is 0 Å². The van der Waals surface area contributed by atoms with E-state index in [0.717, 1.165) is 30.6 Å². The zero-order valence-electron chi connectivity index (χ0n) is 14.9. The van der Waals surface area contributed by atoms with Crippen LogP contribution in [0.1, 0.15) is 37.0 Å². The molecule has 2 aromatic rings. The second kappa shape index (κ2) is 7.08. The van der Waals surface area contributed by atoms with E-state index >= 15 is 0 Å². The molecule has 1 fully saturated rings. The van der Waals surface area contributed by atoms with E-state index in [1.54, 1.807) is 6.07 Å². The summed E-state index contributed by atoms with van der Waals surface area (Å²) in [4.78, 5) is 13.8. The standard InChI is InChI=1S/C21H23FN2O2/c1-14(25)23-17-5-4-6-18(13-17)26-21-19-12-16(22)8-7-15(19)11-20(21)24-9-2-3-10-24/h4-8,12-13,20-21H,2-3,9-11H2,1H3,(H,23,25). The van der Waals surface area contributed by atoms with Gasteiger partial charge in [-0.25, -0.2) is 4.39 Å². The fourth-order valence-electron chi connectivity index (χ4n) is 4.09. The summed E-state index contributed by atoms with van der Waals surface area (Å²) in [5.41, 5.74) is 2.79. The summed E-state index contributed by atoms with van der Waals surface area (Å²) < 4.78 is 20.2. The molecule has 1 heterocycles. The topological polar surface area (TPSA) is 41.6 Å². The molecule has 0 saturated carbocycles. The van der Waals surface area contributed by atoms with Crippen molar-refractivity contribution in [2.45, 2.75) is 38.3 Å². The lowest BCUT2D eigenvalue weighted by Crippen LogP contribution is -2.38. The monoisotopic (exact) mass is 354 g/mol. The fraction of sp³-hybridized carbons (Fsp3) is 0.381. The number of anilines is 1. The van der Waals surface area contributed by atoms with Crippen LogP contribution < -0.4 is 10.1 Å². The quantitative estimate of drug-likeness (QED) is 0.905. The zero-order chi connectivity index (χ0) is 18.1. The summed E-state index contributed by atoms with van der Waals surface area (Å²) in [6.45, 7) is 3.60. The summed E-state index contributed by atoms with van der Waals surface area (Å²) in [6.07, 6.45) is 3.08. The number of likely N-dealkylation sites (tertiary alicyclic amines) is 1. The largest absolute Gasteiger partial charge is 0.484 e. The molecule has 1 aliphatic carbocycles. The first-order valence-corrected chi connectivity index (χ1v) is 9.17. The van der Waals surface area contributed by atoms with Gasteiger partial charge in [0.25, 0.3) is 0 Å². The number of hydrogen-bond acceptors (Lipinski definition) is 3. The maximum absolute atomic E-state index is 13.9. The Bertz CT molecular complexity index is 817. The summed E-state index contributed by atoms with van der Waals surface area (Å²) >= 11 is 0. The lowest BCUT2D eigenvalue weighted by Gasteiger charge is -2.30. The number of rotatable bonds is 4. The number of benzene rings is 2. The Morgan fingerprint density at radius 2 is 2.00 bits per heavy atom. The van der Waals surface area contributed by atoms with Crippen LogP contribution in [0.2, 0.25) is 0 Å². The molecule has 1 aliphatic heterocycles. The number of nitrogens with one attached hydrogen (secondary N) is 1. The van der Waals surface area contributed by atoms with Gasteiger partial charge >= 0.3 is 0 Å². The molecule has 1 N–H and O–H groups in total. The number of hydrogen-bond donors (Lipinski definition) is 1. The number of halogens is 1. The molecule has 2 unspecified atom stereocenters. The lowest BCUT2D eigenvalue weighted by atomic mass is 10.1. The van der Waals surface area contributed by atoms with Gasteiger partial charge in [-0.3, -0.25) is 9.69 Å². The molecule has 0 bridgehead atoms. The molecule has 0 aromatic heterocycles. The van der Waals surface area contributed by atoms with Crippen LogP contribution in [0.5, 0.6) is 5.75 Å². The first-order chi connectivity index (χ1) is 12.6. The Morgan fingerprint density at radius 3 is 2.77 bits per heavy atom. The van der Waals surface area contributed by atoms with Crippen LogP contribution in [0.25, 0.3) is 0 Å². The van der Waals surface area contributed by atoms with E-state index in [2.05, 4.69) is 10.2 Å². The highest BCUT2D eigenvalue weighted by Crippen LogP contribution is 2.39. The van der Waals surface area contributed by atoms with Crippen molar-refractivity contribution in [3.05, 3.63) is 59.4 Å². The average molecular weight is 354 g/mol. The minimum Gasteiger partial charge on any atom is -0.484 e. The highest BCUT2D eigenvalue weighted by molar-refractivity contribution is 5.88. The number of nitrogens with zero attached hydrogens (tertiary/aromatic N) is 1. The van der Waals surface area contributed by atoms with Gasteiger partial charge in [-0.2, -0.15) is 0 Å². The van der Waals surface area contributed by atoms with E-state index in [1.807, 2.05) is 30.3 Å². The first kappa shape index (κ1) is 17.0. The third kappa shape index (κ3) is 3.44. The molecule has 1 saturated heterocycles. The van der Waals surface area contributed by atoms with Gasteiger partial charge in [0.15, 0.2) is 0 Å². The Morgan fingerprint density at radius 1 is 1.19 bits per heavy atom. The number of ether oxygens (including phenoxy) is 1. The van der Waals surface area contributed by atoms with Crippen molar-refractivity contribution in [1.29, 1.82) is 0 Å². The Hall–Kier alpha value is -2.40. The summed E-state index contributed by atoms with van der Waals surface area (Å²) in [5.74, 6) is 0.333. The van der Waals surface area contributed by atoms with Gasteiger partial charge in [0.2, 0.25) is 5.91 Å². The first-order valence-electron chi connectivity index (χ1n) is 9.17. The van der Waals surface area contributed by atoms with Gasteiger partial charge in [-0.15, -0.1) is 0 Å². The third-order valence-electron chi connectivity index (χ3n) is 5.22. The minimum atomic E-state index is -0.230. The smallest absolute Gasteiger partial charge is 0.221 e. The van der Waals surface area contributed by atoms with Gasteiger partial charge in [-0.1, -0.05) is 12.1 Å². The fourth-order valence-corrected chi connectivity index (χ4v) is 4.09. The maximum atomic E-state index is 13.9. The second-order valence-corrected chi connectivity index (χ2v) is 7.11. The van der Waals surface area contributed by atoms with Crippen molar-refractivity contribution in [2.75, 3.05) is 18.4 Å². The maximum Gasteiger partial charge on any atom is 0.221 e. The molecule has 4 nitrogen and oxygen atoms in total. The van der Waals surface area contributed by atoms with E-state index in [-0.39, 0.29) is 23.9 Å². The second-order valence-electron chi connectivity index (χ2n) is 7.11. The molecular formula is C21H23FN2O2. The van der Waals surface area contributed by atoms with E-state index < -0.39 is 0 Å². The van der Waals surface area contributed by atoms with Gasteiger partial charge < -0.3 is 10.1 Å². The molecule has 0 spiro atoms. The molecule has 26 heavy (non-hydrogen) atoms. The van der Waals surface area contributed by atoms with Crippen molar-refractivity contribution in [3.8, 4) is 5.75 Å². The van der Waals surface area contributed by atoms with Crippen molar-refractivity contribution in [3.63, 3.8) is 0 Å². The minimum absolute atomic E-state index is 0.120. The van der Waals surface area contributed by atoms with Crippen LogP contribution in [0.4, 0.5) is 10.1 Å². The summed E-state index contributed by atoms with van der Waals surface area (Å²) in [7, 11) is 0. The van der Waals surface area contributed by atoms with Gasteiger partial charge in [0.1, 0.15) is 17.7 Å². The number of carbonyl (C=O) groups excluding carboxylic acids is 1. The van der Waals surface area contributed by atoms with Crippen LogP contribution in [0, 0.1) is 5.82 Å². The highest BCUT2D eigenvalue weighted by Gasteiger charge is 2.39. The number of carbonyl (C=O) groups is 1. The van der Waals surface area contributed by atoms with Crippen LogP contribution in [0.15, 0.2) is 42.5 Å². The highest BCUT2D eigenvalue weighted by atomic mass is 19.1. The molecule has 1 amide bonds. The van der Waals surface area contributed by atoms with Crippen molar-refractivity contribution >= 4 is 11.6 Å². The Kier molecular flexibility index (Phi) is 4.64. The van der Waals surface area contributed by atoms with Crippen LogP contribution in [-0.4, -0.2) is 29.9 Å². The number of fused-ring (bicyclic) bond motifs is 1. The Labute approximate surface area is 153 Å².